The van der Waals surface area contributed by atoms with Gasteiger partial charge in [0.05, 0.1) is 13.8 Å². The second-order valence-electron chi connectivity index (χ2n) is 5.31. The fourth-order valence-corrected chi connectivity index (χ4v) is 2.73. The average molecular weight is 263 g/mol. The van der Waals surface area contributed by atoms with Crippen LogP contribution in [0.4, 0.5) is 8.78 Å². The van der Waals surface area contributed by atoms with E-state index in [1.807, 2.05) is 6.07 Å². The van der Waals surface area contributed by atoms with Gasteiger partial charge in [-0.2, -0.15) is 0 Å². The van der Waals surface area contributed by atoms with Crippen LogP contribution in [0.3, 0.4) is 0 Å². The number of benzene rings is 1. The molecule has 2 aromatic rings. The van der Waals surface area contributed by atoms with Gasteiger partial charge in [0.1, 0.15) is 11.6 Å². The Morgan fingerprint density at radius 1 is 1.00 bits per heavy atom. The lowest BCUT2D eigenvalue weighted by Gasteiger charge is -2.16. The lowest BCUT2D eigenvalue weighted by Crippen LogP contribution is -2.37. The van der Waals surface area contributed by atoms with E-state index in [1.165, 1.54) is 17.3 Å². The van der Waals surface area contributed by atoms with Gasteiger partial charge in [-0.25, -0.2) is 8.78 Å². The van der Waals surface area contributed by atoms with Crippen molar-refractivity contribution in [3.05, 3.63) is 48.2 Å². The lowest BCUT2D eigenvalue weighted by molar-refractivity contribution is 0.585. The van der Waals surface area contributed by atoms with Crippen LogP contribution in [0.5, 0.6) is 0 Å². The quantitative estimate of drug-likeness (QED) is 0.755. The topological polar surface area (TPSA) is 12.9 Å². The Hall–Kier alpha value is -1.55. The van der Waals surface area contributed by atoms with Crippen molar-refractivity contribution in [2.45, 2.75) is 19.6 Å². The highest BCUT2D eigenvalue weighted by Crippen LogP contribution is 2.20. The lowest BCUT2D eigenvalue weighted by atomic mass is 10.1. The van der Waals surface area contributed by atoms with E-state index in [4.69, 9.17) is 0 Å². The first-order valence-electron chi connectivity index (χ1n) is 5.80. The zero-order valence-corrected chi connectivity index (χ0v) is 11.7. The third kappa shape index (κ3) is 2.64. The van der Waals surface area contributed by atoms with Crippen LogP contribution in [0.15, 0.2) is 36.5 Å². The Kier molecular flexibility index (Phi) is 3.30. The molecule has 1 aromatic heterocycles. The number of aromatic nitrogens is 1. The molecule has 0 saturated heterocycles. The molecule has 0 saturated carbocycles. The third-order valence-corrected chi connectivity index (χ3v) is 4.86. The van der Waals surface area contributed by atoms with Crippen LogP contribution in [-0.4, -0.2) is 13.1 Å². The van der Waals surface area contributed by atoms with E-state index in [-0.39, 0.29) is 0 Å². The number of hydrogen-bond donors (Lipinski definition) is 0. The normalized spacial score (nSPS) is 11.6. The second kappa shape index (κ2) is 4.61. The van der Waals surface area contributed by atoms with Crippen LogP contribution < -0.4 is 5.19 Å². The third-order valence-electron chi connectivity index (χ3n) is 2.84. The van der Waals surface area contributed by atoms with Gasteiger partial charge in [0.15, 0.2) is 0 Å². The summed E-state index contributed by atoms with van der Waals surface area (Å²) in [6, 6.07) is 7.32. The molecule has 2 rings (SSSR count). The summed E-state index contributed by atoms with van der Waals surface area (Å²) in [5, 5.41) is 1.22. The van der Waals surface area contributed by atoms with Crippen LogP contribution in [0.25, 0.3) is 11.3 Å². The van der Waals surface area contributed by atoms with Crippen LogP contribution in [0.2, 0.25) is 19.6 Å². The summed E-state index contributed by atoms with van der Waals surface area (Å²) in [5.41, 5.74) is 0.869. The predicted octanol–water partition coefficient (Wildman–Crippen LogP) is 3.57. The van der Waals surface area contributed by atoms with Crippen molar-refractivity contribution in [1.29, 1.82) is 0 Å². The Morgan fingerprint density at radius 2 is 1.72 bits per heavy atom. The van der Waals surface area contributed by atoms with Gasteiger partial charge in [0, 0.05) is 17.8 Å². The number of pyridine rings is 1. The van der Waals surface area contributed by atoms with Crippen molar-refractivity contribution in [2.75, 3.05) is 0 Å². The molecule has 94 valence electrons. The molecule has 0 amide bonds. The summed E-state index contributed by atoms with van der Waals surface area (Å²) < 4.78 is 26.4. The van der Waals surface area contributed by atoms with Crippen LogP contribution in [0.1, 0.15) is 0 Å². The van der Waals surface area contributed by atoms with Crippen molar-refractivity contribution < 1.29 is 8.78 Å². The molecule has 18 heavy (non-hydrogen) atoms. The molecular formula is C14H15F2NSi. The van der Waals surface area contributed by atoms with Gasteiger partial charge < -0.3 is 0 Å². The number of hydrogen-bond acceptors (Lipinski definition) is 1. The summed E-state index contributed by atoms with van der Waals surface area (Å²) in [6.07, 6.45) is 1.80. The summed E-state index contributed by atoms with van der Waals surface area (Å²) in [5.74, 6) is -1.15. The molecule has 1 nitrogen and oxygen atoms in total. The van der Waals surface area contributed by atoms with Gasteiger partial charge in [-0.05, 0) is 23.4 Å². The molecular weight excluding hydrogens is 248 g/mol. The maximum absolute atomic E-state index is 13.6. The summed E-state index contributed by atoms with van der Waals surface area (Å²) in [4.78, 5) is 4.28. The van der Waals surface area contributed by atoms with E-state index in [2.05, 4.69) is 24.6 Å². The van der Waals surface area contributed by atoms with E-state index in [0.717, 1.165) is 6.07 Å². The van der Waals surface area contributed by atoms with Gasteiger partial charge in [0.2, 0.25) is 0 Å². The minimum Gasteiger partial charge on any atom is -0.256 e. The first-order valence-corrected chi connectivity index (χ1v) is 9.30. The number of nitrogens with zero attached hydrogens (tertiary/aromatic N) is 1. The number of halogens is 2. The van der Waals surface area contributed by atoms with Crippen molar-refractivity contribution >= 4 is 13.3 Å². The van der Waals surface area contributed by atoms with E-state index >= 15 is 0 Å². The molecule has 1 aromatic carbocycles. The Balaban J connectivity index is 2.41. The maximum Gasteiger partial charge on any atom is 0.135 e. The van der Waals surface area contributed by atoms with E-state index in [9.17, 15) is 8.78 Å². The Morgan fingerprint density at radius 3 is 2.22 bits per heavy atom. The van der Waals surface area contributed by atoms with Crippen LogP contribution in [0, 0.1) is 11.6 Å². The summed E-state index contributed by atoms with van der Waals surface area (Å²) in [6.45, 7) is 6.67. The van der Waals surface area contributed by atoms with Gasteiger partial charge >= 0.3 is 0 Å². The monoisotopic (exact) mass is 263 g/mol. The first kappa shape index (κ1) is 12.9. The van der Waals surface area contributed by atoms with Crippen molar-refractivity contribution in [1.82, 2.24) is 4.98 Å². The highest BCUT2D eigenvalue weighted by atomic mass is 28.3. The molecule has 0 atom stereocenters. The second-order valence-corrected chi connectivity index (χ2v) is 10.4. The zero-order valence-electron chi connectivity index (χ0n) is 10.7. The van der Waals surface area contributed by atoms with Gasteiger partial charge in [0.25, 0.3) is 0 Å². The van der Waals surface area contributed by atoms with Gasteiger partial charge in [-0.15, -0.1) is 0 Å². The summed E-state index contributed by atoms with van der Waals surface area (Å²) >= 11 is 0. The largest absolute Gasteiger partial charge is 0.256 e. The van der Waals surface area contributed by atoms with Gasteiger partial charge in [-0.3, -0.25) is 4.98 Å². The van der Waals surface area contributed by atoms with E-state index in [0.29, 0.717) is 11.3 Å². The average Bonchev–Trinajstić information content (AvgIpc) is 2.28. The Labute approximate surface area is 107 Å². The molecule has 0 fully saturated rings. The molecule has 0 aliphatic rings. The SMILES string of the molecule is C[Si](C)(C)c1ccc(-c2ccc(F)cc2F)nc1. The fraction of sp³-hybridized carbons (Fsp3) is 0.214. The molecule has 0 radical (unpaired) electrons. The highest BCUT2D eigenvalue weighted by molar-refractivity contribution is 6.88. The van der Waals surface area contributed by atoms with Crippen molar-refractivity contribution in [3.8, 4) is 11.3 Å². The van der Waals surface area contributed by atoms with Crippen LogP contribution in [-0.2, 0) is 0 Å². The van der Waals surface area contributed by atoms with Crippen molar-refractivity contribution in [3.63, 3.8) is 0 Å². The Bertz CT molecular complexity index is 559. The molecule has 0 aliphatic heterocycles. The van der Waals surface area contributed by atoms with Gasteiger partial charge in [-0.1, -0.05) is 25.7 Å². The number of rotatable bonds is 2. The molecule has 0 aliphatic carbocycles. The van der Waals surface area contributed by atoms with Crippen LogP contribution >= 0.6 is 0 Å². The molecule has 0 bridgehead atoms. The minimum atomic E-state index is -1.40. The highest BCUT2D eigenvalue weighted by Gasteiger charge is 2.17. The first-order chi connectivity index (χ1) is 8.38. The van der Waals surface area contributed by atoms with E-state index in [1.54, 1.807) is 12.3 Å². The standard InChI is InChI=1S/C14H15F2NSi/c1-18(2,3)11-5-7-14(17-9-11)12-6-4-10(15)8-13(12)16/h4-9H,1-3H3. The van der Waals surface area contributed by atoms with Crippen molar-refractivity contribution in [2.24, 2.45) is 0 Å². The van der Waals surface area contributed by atoms with E-state index < -0.39 is 19.7 Å². The molecule has 0 unspecified atom stereocenters. The zero-order chi connectivity index (χ0) is 13.3. The molecule has 0 N–H and O–H groups in total. The molecule has 4 heteroatoms. The minimum absolute atomic E-state index is 0.332. The molecule has 1 heterocycles. The summed E-state index contributed by atoms with van der Waals surface area (Å²) in [7, 11) is -1.40. The smallest absolute Gasteiger partial charge is 0.135 e. The molecule has 0 spiro atoms. The fourth-order valence-electron chi connectivity index (χ4n) is 1.69. The maximum atomic E-state index is 13.6. The predicted molar refractivity (Wildman–Crippen MR) is 72.6 cm³/mol.